The molecule has 2 atom stereocenters. The summed E-state index contributed by atoms with van der Waals surface area (Å²) in [6.45, 7) is 6.71. The average molecular weight is 264 g/mol. The van der Waals surface area contributed by atoms with Crippen molar-refractivity contribution < 1.29 is 9.84 Å². The van der Waals surface area contributed by atoms with Gasteiger partial charge in [0.25, 0.3) is 0 Å². The molecule has 19 heavy (non-hydrogen) atoms. The Bertz CT molecular complexity index is 378. The van der Waals surface area contributed by atoms with Crippen LogP contribution >= 0.6 is 0 Å². The summed E-state index contributed by atoms with van der Waals surface area (Å²) in [6, 6.07) is 3.94. The Labute approximate surface area is 115 Å². The molecule has 1 unspecified atom stereocenters. The Morgan fingerprint density at radius 3 is 3.00 bits per heavy atom. The molecule has 0 amide bonds. The standard InChI is InChI=1S/C15H24N2O2/c1-3-9-19-14-5-4-8-17(11-14)13-6-7-15(12(2)18)16-10-13/h6-7,10,12,14,18H,3-5,8-9,11H2,1-2H3/t12-,14?/m0/s1. The Morgan fingerprint density at radius 2 is 2.37 bits per heavy atom. The molecule has 0 radical (unpaired) electrons. The molecule has 1 aliphatic rings. The highest BCUT2D eigenvalue weighted by molar-refractivity contribution is 5.45. The summed E-state index contributed by atoms with van der Waals surface area (Å²) in [5, 5.41) is 9.47. The van der Waals surface area contributed by atoms with Crippen molar-refractivity contribution in [3.8, 4) is 0 Å². The van der Waals surface area contributed by atoms with Gasteiger partial charge < -0.3 is 14.7 Å². The lowest BCUT2D eigenvalue weighted by Crippen LogP contribution is -2.39. The third-order valence-electron chi connectivity index (χ3n) is 3.50. The monoisotopic (exact) mass is 264 g/mol. The summed E-state index contributed by atoms with van der Waals surface area (Å²) in [5.41, 5.74) is 1.84. The normalized spacial score (nSPS) is 21.4. The predicted molar refractivity (Wildman–Crippen MR) is 76.3 cm³/mol. The van der Waals surface area contributed by atoms with E-state index in [4.69, 9.17) is 4.74 Å². The van der Waals surface area contributed by atoms with Gasteiger partial charge in [-0.1, -0.05) is 6.92 Å². The third kappa shape index (κ3) is 3.91. The third-order valence-corrected chi connectivity index (χ3v) is 3.50. The molecule has 0 aromatic carbocycles. The average Bonchev–Trinajstić information content (AvgIpc) is 2.45. The molecule has 4 heteroatoms. The second kappa shape index (κ2) is 6.87. The molecule has 1 aromatic rings. The fourth-order valence-corrected chi connectivity index (χ4v) is 2.42. The first-order chi connectivity index (χ1) is 9.20. The summed E-state index contributed by atoms with van der Waals surface area (Å²) < 4.78 is 5.84. The molecule has 0 spiro atoms. The van der Waals surface area contributed by atoms with Gasteiger partial charge in [0.2, 0.25) is 0 Å². The van der Waals surface area contributed by atoms with Gasteiger partial charge >= 0.3 is 0 Å². The molecular weight excluding hydrogens is 240 g/mol. The van der Waals surface area contributed by atoms with Gasteiger partial charge in [0, 0.05) is 19.7 Å². The van der Waals surface area contributed by atoms with E-state index in [9.17, 15) is 5.11 Å². The Morgan fingerprint density at radius 1 is 1.53 bits per heavy atom. The second-order valence-electron chi connectivity index (χ2n) is 5.20. The molecule has 106 valence electrons. The van der Waals surface area contributed by atoms with Gasteiger partial charge in [-0.05, 0) is 38.3 Å². The van der Waals surface area contributed by atoms with E-state index >= 15 is 0 Å². The Hall–Kier alpha value is -1.13. The summed E-state index contributed by atoms with van der Waals surface area (Å²) in [4.78, 5) is 6.63. The fourth-order valence-electron chi connectivity index (χ4n) is 2.42. The second-order valence-corrected chi connectivity index (χ2v) is 5.20. The fraction of sp³-hybridized carbons (Fsp3) is 0.667. The molecule has 0 saturated carbocycles. The Kier molecular flexibility index (Phi) is 5.16. The predicted octanol–water partition coefficient (Wildman–Crippen LogP) is 2.53. The van der Waals surface area contributed by atoms with E-state index in [1.165, 1.54) is 0 Å². The minimum absolute atomic E-state index is 0.338. The number of hydrogen-bond donors (Lipinski definition) is 1. The van der Waals surface area contributed by atoms with Gasteiger partial charge in [0.1, 0.15) is 0 Å². The highest BCUT2D eigenvalue weighted by Crippen LogP contribution is 2.22. The molecule has 1 fully saturated rings. The van der Waals surface area contributed by atoms with Crippen molar-refractivity contribution in [2.24, 2.45) is 0 Å². The highest BCUT2D eigenvalue weighted by Gasteiger charge is 2.20. The van der Waals surface area contributed by atoms with Crippen molar-refractivity contribution in [3.05, 3.63) is 24.0 Å². The zero-order valence-electron chi connectivity index (χ0n) is 11.9. The maximum Gasteiger partial charge on any atom is 0.0931 e. The molecule has 1 N–H and O–H groups in total. The number of rotatable bonds is 5. The Balaban J connectivity index is 1.96. The number of aromatic nitrogens is 1. The summed E-state index contributed by atoms with van der Waals surface area (Å²) >= 11 is 0. The van der Waals surface area contributed by atoms with Gasteiger partial charge in [-0.25, -0.2) is 0 Å². The minimum Gasteiger partial charge on any atom is -0.387 e. The maximum atomic E-state index is 9.47. The molecule has 2 heterocycles. The lowest BCUT2D eigenvalue weighted by molar-refractivity contribution is 0.0440. The van der Waals surface area contributed by atoms with Crippen molar-refractivity contribution in [2.75, 3.05) is 24.6 Å². The lowest BCUT2D eigenvalue weighted by atomic mass is 10.1. The van der Waals surface area contributed by atoms with Crippen molar-refractivity contribution in [2.45, 2.75) is 45.3 Å². The van der Waals surface area contributed by atoms with Crippen LogP contribution in [0.4, 0.5) is 5.69 Å². The van der Waals surface area contributed by atoms with E-state index in [2.05, 4.69) is 16.8 Å². The largest absolute Gasteiger partial charge is 0.387 e. The summed E-state index contributed by atoms with van der Waals surface area (Å²) in [5.74, 6) is 0. The zero-order valence-corrected chi connectivity index (χ0v) is 11.9. The van der Waals surface area contributed by atoms with E-state index in [1.807, 2.05) is 18.3 Å². The number of nitrogens with zero attached hydrogens (tertiary/aromatic N) is 2. The van der Waals surface area contributed by atoms with E-state index < -0.39 is 6.10 Å². The lowest BCUT2D eigenvalue weighted by Gasteiger charge is -2.34. The van der Waals surface area contributed by atoms with E-state index in [0.29, 0.717) is 6.10 Å². The number of hydrogen-bond acceptors (Lipinski definition) is 4. The summed E-state index contributed by atoms with van der Waals surface area (Å²) in [7, 11) is 0. The SMILES string of the molecule is CCCOC1CCCN(c2ccc([C@H](C)O)nc2)C1. The van der Waals surface area contributed by atoms with Crippen molar-refractivity contribution in [3.63, 3.8) is 0 Å². The van der Waals surface area contributed by atoms with Crippen LogP contribution in [0.3, 0.4) is 0 Å². The van der Waals surface area contributed by atoms with Gasteiger partial charge in [0.15, 0.2) is 0 Å². The first kappa shape index (κ1) is 14.3. The van der Waals surface area contributed by atoms with Crippen LogP contribution in [-0.2, 0) is 4.74 Å². The van der Waals surface area contributed by atoms with Crippen LogP contribution < -0.4 is 4.90 Å². The van der Waals surface area contributed by atoms with Crippen LogP contribution in [-0.4, -0.2) is 35.9 Å². The number of anilines is 1. The number of aliphatic hydroxyl groups is 1. The quantitative estimate of drug-likeness (QED) is 0.887. The van der Waals surface area contributed by atoms with E-state index in [1.54, 1.807) is 6.92 Å². The van der Waals surface area contributed by atoms with Gasteiger partial charge in [-0.15, -0.1) is 0 Å². The first-order valence-electron chi connectivity index (χ1n) is 7.21. The number of aliphatic hydroxyl groups excluding tert-OH is 1. The van der Waals surface area contributed by atoms with Crippen LogP contribution in [0.2, 0.25) is 0 Å². The molecule has 0 bridgehead atoms. The van der Waals surface area contributed by atoms with E-state index in [0.717, 1.165) is 50.3 Å². The number of ether oxygens (including phenoxy) is 1. The zero-order chi connectivity index (χ0) is 13.7. The molecule has 2 rings (SSSR count). The number of pyridine rings is 1. The topological polar surface area (TPSA) is 45.6 Å². The molecule has 1 aromatic heterocycles. The van der Waals surface area contributed by atoms with Crippen LogP contribution in [0.1, 0.15) is 44.9 Å². The minimum atomic E-state index is -0.504. The highest BCUT2D eigenvalue weighted by atomic mass is 16.5. The smallest absolute Gasteiger partial charge is 0.0931 e. The first-order valence-corrected chi connectivity index (χ1v) is 7.21. The molecule has 0 aliphatic carbocycles. The van der Waals surface area contributed by atoms with Gasteiger partial charge in [0.05, 0.1) is 29.8 Å². The molecule has 1 saturated heterocycles. The van der Waals surface area contributed by atoms with Crippen molar-refractivity contribution in [1.82, 2.24) is 4.98 Å². The van der Waals surface area contributed by atoms with Crippen LogP contribution in [0, 0.1) is 0 Å². The van der Waals surface area contributed by atoms with Crippen LogP contribution in [0.25, 0.3) is 0 Å². The maximum absolute atomic E-state index is 9.47. The summed E-state index contributed by atoms with van der Waals surface area (Å²) in [6.07, 6.45) is 5.06. The van der Waals surface area contributed by atoms with E-state index in [-0.39, 0.29) is 0 Å². The van der Waals surface area contributed by atoms with Gasteiger partial charge in [-0.3, -0.25) is 4.98 Å². The molecule has 4 nitrogen and oxygen atoms in total. The van der Waals surface area contributed by atoms with Crippen LogP contribution in [0.5, 0.6) is 0 Å². The van der Waals surface area contributed by atoms with Crippen molar-refractivity contribution in [1.29, 1.82) is 0 Å². The van der Waals surface area contributed by atoms with Crippen LogP contribution in [0.15, 0.2) is 18.3 Å². The molecule has 1 aliphatic heterocycles. The van der Waals surface area contributed by atoms with Gasteiger partial charge in [-0.2, -0.15) is 0 Å². The van der Waals surface area contributed by atoms with Crippen molar-refractivity contribution >= 4 is 5.69 Å². The molecular formula is C15H24N2O2. The number of piperidine rings is 1.